The van der Waals surface area contributed by atoms with Crippen LogP contribution in [0.25, 0.3) is 11.1 Å². The topological polar surface area (TPSA) is 0 Å². The third-order valence-electron chi connectivity index (χ3n) is 2.86. The SMILES string of the molecule is Cc1ccc(-c2cccc(C)c2Cl)c(C)c1. The molecule has 0 spiro atoms. The Balaban J connectivity index is 2.63. The number of halogens is 1. The van der Waals surface area contributed by atoms with Crippen LogP contribution in [-0.2, 0) is 0 Å². The van der Waals surface area contributed by atoms with Crippen LogP contribution in [0.3, 0.4) is 0 Å². The van der Waals surface area contributed by atoms with Gasteiger partial charge in [0.15, 0.2) is 0 Å². The van der Waals surface area contributed by atoms with Gasteiger partial charge < -0.3 is 0 Å². The molecule has 0 unspecified atom stereocenters. The van der Waals surface area contributed by atoms with Crippen LogP contribution in [0.4, 0.5) is 0 Å². The van der Waals surface area contributed by atoms with E-state index >= 15 is 0 Å². The van der Waals surface area contributed by atoms with Crippen LogP contribution in [0, 0.1) is 20.8 Å². The van der Waals surface area contributed by atoms with Crippen LogP contribution in [0.15, 0.2) is 36.4 Å². The van der Waals surface area contributed by atoms with Crippen LogP contribution in [0.2, 0.25) is 5.02 Å². The highest BCUT2D eigenvalue weighted by atomic mass is 35.5. The standard InChI is InChI=1S/C15H15Cl/c1-10-7-8-13(12(3)9-10)14-6-4-5-11(2)15(14)16/h4-9H,1-3H3. The summed E-state index contributed by atoms with van der Waals surface area (Å²) in [4.78, 5) is 0. The van der Waals surface area contributed by atoms with Crippen LogP contribution in [0.5, 0.6) is 0 Å². The first-order valence-corrected chi connectivity index (χ1v) is 5.80. The van der Waals surface area contributed by atoms with Crippen LogP contribution in [0.1, 0.15) is 16.7 Å². The van der Waals surface area contributed by atoms with Gasteiger partial charge in [0.1, 0.15) is 0 Å². The van der Waals surface area contributed by atoms with Gasteiger partial charge in [0, 0.05) is 5.56 Å². The van der Waals surface area contributed by atoms with Crippen molar-refractivity contribution in [2.75, 3.05) is 0 Å². The van der Waals surface area contributed by atoms with E-state index in [0.29, 0.717) is 0 Å². The molecule has 1 heteroatoms. The minimum absolute atomic E-state index is 0.856. The maximum Gasteiger partial charge on any atom is 0.0513 e. The molecule has 2 aromatic rings. The first-order chi connectivity index (χ1) is 7.59. The van der Waals surface area contributed by atoms with E-state index in [4.69, 9.17) is 11.6 Å². The predicted octanol–water partition coefficient (Wildman–Crippen LogP) is 4.93. The molecule has 2 rings (SSSR count). The average Bonchev–Trinajstić information content (AvgIpc) is 2.23. The minimum Gasteiger partial charge on any atom is -0.0834 e. The highest BCUT2D eigenvalue weighted by Crippen LogP contribution is 2.32. The molecule has 0 aliphatic rings. The molecule has 0 amide bonds. The molecule has 0 heterocycles. The summed E-state index contributed by atoms with van der Waals surface area (Å²) < 4.78 is 0. The van der Waals surface area contributed by atoms with E-state index < -0.39 is 0 Å². The van der Waals surface area contributed by atoms with Gasteiger partial charge in [-0.05, 0) is 37.5 Å². The van der Waals surface area contributed by atoms with Crippen molar-refractivity contribution in [2.45, 2.75) is 20.8 Å². The molecule has 0 fully saturated rings. The monoisotopic (exact) mass is 230 g/mol. The number of hydrogen-bond donors (Lipinski definition) is 0. The molecule has 0 aliphatic heterocycles. The van der Waals surface area contributed by atoms with E-state index in [1.807, 2.05) is 13.0 Å². The first kappa shape index (κ1) is 11.2. The van der Waals surface area contributed by atoms with E-state index in [2.05, 4.69) is 44.2 Å². The van der Waals surface area contributed by atoms with Gasteiger partial charge in [0.25, 0.3) is 0 Å². The first-order valence-electron chi connectivity index (χ1n) is 5.42. The third kappa shape index (κ3) is 1.98. The largest absolute Gasteiger partial charge is 0.0834 e. The highest BCUT2D eigenvalue weighted by Gasteiger charge is 2.07. The smallest absolute Gasteiger partial charge is 0.0513 e. The molecular weight excluding hydrogens is 216 g/mol. The summed E-state index contributed by atoms with van der Waals surface area (Å²) in [6.45, 7) is 6.27. The summed E-state index contributed by atoms with van der Waals surface area (Å²) in [6.07, 6.45) is 0. The van der Waals surface area contributed by atoms with Gasteiger partial charge in [0.2, 0.25) is 0 Å². The van der Waals surface area contributed by atoms with Crippen molar-refractivity contribution in [3.8, 4) is 11.1 Å². The fourth-order valence-corrected chi connectivity index (χ4v) is 2.20. The number of benzene rings is 2. The molecule has 0 aromatic heterocycles. The molecule has 0 N–H and O–H groups in total. The lowest BCUT2D eigenvalue weighted by Crippen LogP contribution is -1.87. The summed E-state index contributed by atoms with van der Waals surface area (Å²) in [5.74, 6) is 0. The van der Waals surface area contributed by atoms with E-state index in [9.17, 15) is 0 Å². The lowest BCUT2D eigenvalue weighted by Gasteiger charge is -2.10. The van der Waals surface area contributed by atoms with Crippen molar-refractivity contribution >= 4 is 11.6 Å². The van der Waals surface area contributed by atoms with Crippen molar-refractivity contribution in [2.24, 2.45) is 0 Å². The zero-order chi connectivity index (χ0) is 11.7. The fourth-order valence-electron chi connectivity index (χ4n) is 1.97. The summed E-state index contributed by atoms with van der Waals surface area (Å²) in [5.41, 5.74) is 6.02. The van der Waals surface area contributed by atoms with E-state index in [1.165, 1.54) is 16.7 Å². The third-order valence-corrected chi connectivity index (χ3v) is 3.37. The Morgan fingerprint density at radius 1 is 0.812 bits per heavy atom. The Morgan fingerprint density at radius 2 is 1.56 bits per heavy atom. The quantitative estimate of drug-likeness (QED) is 0.652. The highest BCUT2D eigenvalue weighted by molar-refractivity contribution is 6.34. The van der Waals surface area contributed by atoms with Gasteiger partial charge in [-0.25, -0.2) is 0 Å². The van der Waals surface area contributed by atoms with Crippen molar-refractivity contribution in [1.82, 2.24) is 0 Å². The maximum atomic E-state index is 6.34. The number of aryl methyl sites for hydroxylation is 3. The second-order valence-corrected chi connectivity index (χ2v) is 4.63. The fraction of sp³-hybridized carbons (Fsp3) is 0.200. The summed E-state index contributed by atoms with van der Waals surface area (Å²) in [7, 11) is 0. The molecule has 0 bridgehead atoms. The van der Waals surface area contributed by atoms with Crippen LogP contribution < -0.4 is 0 Å². The molecule has 2 aromatic carbocycles. The van der Waals surface area contributed by atoms with Gasteiger partial charge in [-0.2, -0.15) is 0 Å². The second-order valence-electron chi connectivity index (χ2n) is 4.25. The van der Waals surface area contributed by atoms with Gasteiger partial charge in [-0.3, -0.25) is 0 Å². The summed E-state index contributed by atoms with van der Waals surface area (Å²) >= 11 is 6.34. The molecule has 0 saturated carbocycles. The lowest BCUT2D eigenvalue weighted by atomic mass is 9.97. The van der Waals surface area contributed by atoms with E-state index in [1.54, 1.807) is 0 Å². The van der Waals surface area contributed by atoms with Crippen molar-refractivity contribution in [1.29, 1.82) is 0 Å². The van der Waals surface area contributed by atoms with Crippen LogP contribution >= 0.6 is 11.6 Å². The average molecular weight is 231 g/mol. The minimum atomic E-state index is 0.856. The maximum absolute atomic E-state index is 6.34. The molecule has 82 valence electrons. The van der Waals surface area contributed by atoms with Crippen LogP contribution in [-0.4, -0.2) is 0 Å². The Kier molecular flexibility index (Phi) is 3.02. The summed E-state index contributed by atoms with van der Waals surface area (Å²) in [5, 5.41) is 0.856. The van der Waals surface area contributed by atoms with Crippen molar-refractivity contribution in [3.05, 3.63) is 58.1 Å². The van der Waals surface area contributed by atoms with Crippen molar-refractivity contribution < 1.29 is 0 Å². The normalized spacial score (nSPS) is 10.5. The summed E-state index contributed by atoms with van der Waals surface area (Å²) in [6, 6.07) is 12.6. The Hall–Kier alpha value is -1.27. The number of hydrogen-bond acceptors (Lipinski definition) is 0. The second kappa shape index (κ2) is 4.31. The zero-order valence-corrected chi connectivity index (χ0v) is 10.6. The van der Waals surface area contributed by atoms with Crippen molar-refractivity contribution in [3.63, 3.8) is 0 Å². The van der Waals surface area contributed by atoms with Gasteiger partial charge in [-0.1, -0.05) is 53.6 Å². The molecule has 16 heavy (non-hydrogen) atoms. The molecule has 0 radical (unpaired) electrons. The molecular formula is C15H15Cl. The Bertz CT molecular complexity index is 527. The predicted molar refractivity (Wildman–Crippen MR) is 71.1 cm³/mol. The Labute approximate surface area is 102 Å². The van der Waals surface area contributed by atoms with E-state index in [-0.39, 0.29) is 0 Å². The molecule has 0 aliphatic carbocycles. The molecule has 0 nitrogen and oxygen atoms in total. The van der Waals surface area contributed by atoms with Gasteiger partial charge in [0.05, 0.1) is 5.02 Å². The van der Waals surface area contributed by atoms with Gasteiger partial charge >= 0.3 is 0 Å². The lowest BCUT2D eigenvalue weighted by molar-refractivity contribution is 1.37. The van der Waals surface area contributed by atoms with E-state index in [0.717, 1.165) is 16.1 Å². The molecule has 0 atom stereocenters. The zero-order valence-electron chi connectivity index (χ0n) is 9.84. The molecule has 0 saturated heterocycles. The number of rotatable bonds is 1. The van der Waals surface area contributed by atoms with Gasteiger partial charge in [-0.15, -0.1) is 0 Å². The Morgan fingerprint density at radius 3 is 2.25 bits per heavy atom.